The van der Waals surface area contributed by atoms with Gasteiger partial charge in [-0.15, -0.1) is 0 Å². The van der Waals surface area contributed by atoms with Crippen LogP contribution in [0.25, 0.3) is 0 Å². The lowest BCUT2D eigenvalue weighted by molar-refractivity contribution is 0.372. The molecule has 1 fully saturated rings. The van der Waals surface area contributed by atoms with Crippen LogP contribution in [-0.2, 0) is 6.54 Å². The number of nitrogens with one attached hydrogen (secondary N) is 1. The largest absolute Gasteiger partial charge is 0.497 e. The van der Waals surface area contributed by atoms with E-state index in [1.165, 1.54) is 16.9 Å². The molecule has 0 aliphatic carbocycles. The van der Waals surface area contributed by atoms with Crippen LogP contribution in [0.2, 0.25) is 0 Å². The normalized spacial score (nSPS) is 14.8. The molecule has 6 nitrogen and oxygen atoms in total. The zero-order valence-corrected chi connectivity index (χ0v) is 17.4. The van der Waals surface area contributed by atoms with Gasteiger partial charge in [-0.2, -0.15) is 0 Å². The molecule has 28 heavy (non-hydrogen) atoms. The second-order valence-electron chi connectivity index (χ2n) is 7.14. The standard InChI is InChI=1S/C22H31N5O/c1-23-22(24-17-18-6-5-7-20(16-18)25(2)3)27-14-12-26(13-15-27)19-8-10-21(28-4)11-9-19/h5-11,16H,12-15,17H2,1-4H3,(H,23,24). The molecule has 0 radical (unpaired) electrons. The molecule has 2 aromatic rings. The van der Waals surface area contributed by atoms with Crippen LogP contribution in [0.1, 0.15) is 5.56 Å². The number of piperazine rings is 1. The molecule has 2 aromatic carbocycles. The third-order valence-corrected chi connectivity index (χ3v) is 5.11. The first-order valence-electron chi connectivity index (χ1n) is 9.71. The summed E-state index contributed by atoms with van der Waals surface area (Å²) in [6.07, 6.45) is 0. The predicted molar refractivity (Wildman–Crippen MR) is 118 cm³/mol. The minimum atomic E-state index is 0.771. The fourth-order valence-corrected chi connectivity index (χ4v) is 3.43. The quantitative estimate of drug-likeness (QED) is 0.637. The number of methoxy groups -OCH3 is 1. The smallest absolute Gasteiger partial charge is 0.194 e. The molecule has 3 rings (SSSR count). The monoisotopic (exact) mass is 381 g/mol. The Morgan fingerprint density at radius 3 is 2.39 bits per heavy atom. The first-order chi connectivity index (χ1) is 13.6. The van der Waals surface area contributed by atoms with Crippen molar-refractivity contribution in [1.29, 1.82) is 0 Å². The van der Waals surface area contributed by atoms with E-state index in [-0.39, 0.29) is 0 Å². The molecule has 0 unspecified atom stereocenters. The SMILES string of the molecule is CN=C(NCc1cccc(N(C)C)c1)N1CCN(c2ccc(OC)cc2)CC1. The van der Waals surface area contributed by atoms with Crippen molar-refractivity contribution < 1.29 is 4.74 Å². The van der Waals surface area contributed by atoms with Crippen LogP contribution in [-0.4, -0.2) is 65.3 Å². The minimum absolute atomic E-state index is 0.771. The highest BCUT2D eigenvalue weighted by atomic mass is 16.5. The first-order valence-corrected chi connectivity index (χ1v) is 9.71. The number of rotatable bonds is 5. The van der Waals surface area contributed by atoms with Crippen molar-refractivity contribution >= 4 is 17.3 Å². The number of guanidine groups is 1. The molecule has 0 aromatic heterocycles. The van der Waals surface area contributed by atoms with E-state index in [0.29, 0.717) is 0 Å². The minimum Gasteiger partial charge on any atom is -0.497 e. The number of nitrogens with zero attached hydrogens (tertiary/aromatic N) is 4. The average molecular weight is 382 g/mol. The third kappa shape index (κ3) is 4.88. The molecule has 1 aliphatic rings. The molecule has 1 N–H and O–H groups in total. The Morgan fingerprint density at radius 2 is 1.79 bits per heavy atom. The fourth-order valence-electron chi connectivity index (χ4n) is 3.43. The number of anilines is 2. The molecule has 0 atom stereocenters. The van der Waals surface area contributed by atoms with Gasteiger partial charge in [0.1, 0.15) is 5.75 Å². The Labute approximate surface area is 168 Å². The van der Waals surface area contributed by atoms with Crippen LogP contribution in [0.3, 0.4) is 0 Å². The molecular weight excluding hydrogens is 350 g/mol. The number of hydrogen-bond donors (Lipinski definition) is 1. The summed E-state index contributed by atoms with van der Waals surface area (Å²) in [4.78, 5) is 11.3. The summed E-state index contributed by atoms with van der Waals surface area (Å²) in [5.41, 5.74) is 3.70. The third-order valence-electron chi connectivity index (χ3n) is 5.11. The summed E-state index contributed by atoms with van der Waals surface area (Å²) in [6, 6.07) is 16.9. The topological polar surface area (TPSA) is 43.3 Å². The molecular formula is C22H31N5O. The molecule has 150 valence electrons. The molecule has 1 heterocycles. The molecule has 6 heteroatoms. The van der Waals surface area contributed by atoms with Gasteiger partial charge in [-0.1, -0.05) is 12.1 Å². The van der Waals surface area contributed by atoms with Crippen molar-refractivity contribution in [2.75, 3.05) is 64.2 Å². The van der Waals surface area contributed by atoms with Gasteiger partial charge in [-0.3, -0.25) is 4.99 Å². The summed E-state index contributed by atoms with van der Waals surface area (Å²) in [5.74, 6) is 1.86. The van der Waals surface area contributed by atoms with Crippen molar-refractivity contribution in [3.8, 4) is 5.75 Å². The summed E-state index contributed by atoms with van der Waals surface area (Å²) >= 11 is 0. The van der Waals surface area contributed by atoms with E-state index in [1.54, 1.807) is 7.11 Å². The Kier molecular flexibility index (Phi) is 6.63. The van der Waals surface area contributed by atoms with E-state index < -0.39 is 0 Å². The van der Waals surface area contributed by atoms with Crippen LogP contribution in [0.4, 0.5) is 11.4 Å². The number of ether oxygens (including phenoxy) is 1. The van der Waals surface area contributed by atoms with E-state index in [0.717, 1.165) is 44.4 Å². The maximum atomic E-state index is 5.25. The Balaban J connectivity index is 1.54. The van der Waals surface area contributed by atoms with Crippen LogP contribution in [0.5, 0.6) is 5.75 Å². The van der Waals surface area contributed by atoms with Crippen molar-refractivity contribution in [1.82, 2.24) is 10.2 Å². The van der Waals surface area contributed by atoms with Gasteiger partial charge in [-0.25, -0.2) is 0 Å². The lowest BCUT2D eigenvalue weighted by atomic mass is 10.2. The van der Waals surface area contributed by atoms with Gasteiger partial charge in [0.25, 0.3) is 0 Å². The summed E-state index contributed by atoms with van der Waals surface area (Å²) in [7, 11) is 7.68. The zero-order valence-electron chi connectivity index (χ0n) is 17.4. The molecule has 0 bridgehead atoms. The van der Waals surface area contributed by atoms with Gasteiger partial charge in [-0.05, 0) is 42.0 Å². The Hall–Kier alpha value is -2.89. The summed E-state index contributed by atoms with van der Waals surface area (Å²) < 4.78 is 5.25. The summed E-state index contributed by atoms with van der Waals surface area (Å²) in [5, 5.41) is 3.51. The molecule has 0 spiro atoms. The van der Waals surface area contributed by atoms with Crippen molar-refractivity contribution in [2.24, 2.45) is 4.99 Å². The number of benzene rings is 2. The maximum absolute atomic E-state index is 5.25. The van der Waals surface area contributed by atoms with E-state index >= 15 is 0 Å². The fraction of sp³-hybridized carbons (Fsp3) is 0.409. The van der Waals surface area contributed by atoms with Gasteiger partial charge in [0, 0.05) is 65.2 Å². The lowest BCUT2D eigenvalue weighted by Gasteiger charge is -2.37. The van der Waals surface area contributed by atoms with Crippen molar-refractivity contribution in [2.45, 2.75) is 6.54 Å². The highest BCUT2D eigenvalue weighted by Gasteiger charge is 2.19. The van der Waals surface area contributed by atoms with E-state index in [9.17, 15) is 0 Å². The Morgan fingerprint density at radius 1 is 1.07 bits per heavy atom. The van der Waals surface area contributed by atoms with Gasteiger partial charge in [0.15, 0.2) is 5.96 Å². The molecule has 0 amide bonds. The van der Waals surface area contributed by atoms with E-state index in [1.807, 2.05) is 19.2 Å². The van der Waals surface area contributed by atoms with Crippen LogP contribution in [0, 0.1) is 0 Å². The van der Waals surface area contributed by atoms with E-state index in [2.05, 4.69) is 75.5 Å². The maximum Gasteiger partial charge on any atom is 0.194 e. The van der Waals surface area contributed by atoms with Crippen LogP contribution in [0.15, 0.2) is 53.5 Å². The van der Waals surface area contributed by atoms with Crippen molar-refractivity contribution in [3.63, 3.8) is 0 Å². The summed E-state index contributed by atoms with van der Waals surface area (Å²) in [6.45, 7) is 4.62. The second kappa shape index (κ2) is 9.35. The highest BCUT2D eigenvalue weighted by Crippen LogP contribution is 2.20. The average Bonchev–Trinajstić information content (AvgIpc) is 2.75. The van der Waals surface area contributed by atoms with Gasteiger partial charge in [0.05, 0.1) is 7.11 Å². The second-order valence-corrected chi connectivity index (χ2v) is 7.14. The van der Waals surface area contributed by atoms with Gasteiger partial charge >= 0.3 is 0 Å². The number of hydrogen-bond acceptors (Lipinski definition) is 4. The van der Waals surface area contributed by atoms with Crippen LogP contribution >= 0.6 is 0 Å². The van der Waals surface area contributed by atoms with Gasteiger partial charge < -0.3 is 24.8 Å². The van der Waals surface area contributed by atoms with E-state index in [4.69, 9.17) is 4.74 Å². The molecule has 1 saturated heterocycles. The van der Waals surface area contributed by atoms with Crippen LogP contribution < -0.4 is 19.9 Å². The number of aliphatic imine (C=N–C) groups is 1. The van der Waals surface area contributed by atoms with Gasteiger partial charge in [0.2, 0.25) is 0 Å². The molecule has 1 aliphatic heterocycles. The Bertz CT molecular complexity index is 780. The zero-order chi connectivity index (χ0) is 19.9. The molecule has 0 saturated carbocycles. The predicted octanol–water partition coefficient (Wildman–Crippen LogP) is 2.66. The highest BCUT2D eigenvalue weighted by molar-refractivity contribution is 5.80. The first kappa shape index (κ1) is 19.9. The van der Waals surface area contributed by atoms with Crippen molar-refractivity contribution in [3.05, 3.63) is 54.1 Å². The lowest BCUT2D eigenvalue weighted by Crippen LogP contribution is -2.52.